The van der Waals surface area contributed by atoms with Crippen molar-refractivity contribution >= 4 is 17.8 Å². The van der Waals surface area contributed by atoms with Gasteiger partial charge in [-0.15, -0.1) is 0 Å². The van der Waals surface area contributed by atoms with Gasteiger partial charge in [0.25, 0.3) is 0 Å². The van der Waals surface area contributed by atoms with Gasteiger partial charge in [0.2, 0.25) is 0 Å². The smallest absolute Gasteiger partial charge is 0.408 e. The van der Waals surface area contributed by atoms with Crippen LogP contribution < -0.4 is 5.32 Å². The first-order chi connectivity index (χ1) is 13.6. The van der Waals surface area contributed by atoms with Gasteiger partial charge in [-0.2, -0.15) is 0 Å². The molecule has 2 rings (SSSR count). The van der Waals surface area contributed by atoms with E-state index in [0.29, 0.717) is 11.1 Å². The Bertz CT molecular complexity index is 863. The number of nitrogens with one attached hydrogen (secondary N) is 1. The highest BCUT2D eigenvalue weighted by Gasteiger charge is 2.09. The fourth-order valence-electron chi connectivity index (χ4n) is 2.24. The van der Waals surface area contributed by atoms with Crippen LogP contribution in [0.5, 0.6) is 0 Å². The third kappa shape index (κ3) is 7.34. The lowest BCUT2D eigenvalue weighted by molar-refractivity contribution is -0.140. The number of benzene rings is 2. The molecule has 0 aromatic heterocycles. The van der Waals surface area contributed by atoms with Gasteiger partial charge in [0, 0.05) is 17.5 Å². The Balaban J connectivity index is 1.74. The van der Waals surface area contributed by atoms with Crippen LogP contribution in [0.4, 0.5) is 4.79 Å². The van der Waals surface area contributed by atoms with Crippen LogP contribution in [0.1, 0.15) is 34.3 Å². The highest BCUT2D eigenvalue weighted by molar-refractivity contribution is 5.97. The van der Waals surface area contributed by atoms with Crippen molar-refractivity contribution in [3.8, 4) is 11.8 Å². The number of amides is 1. The normalized spacial score (nSPS) is 9.61. The summed E-state index contributed by atoms with van der Waals surface area (Å²) in [6.07, 6.45) is -0.375. The van der Waals surface area contributed by atoms with Crippen molar-refractivity contribution in [3.63, 3.8) is 0 Å². The predicted octanol–water partition coefficient (Wildman–Crippen LogP) is 3.10. The Kier molecular flexibility index (Phi) is 8.28. The van der Waals surface area contributed by atoms with Crippen molar-refractivity contribution in [1.82, 2.24) is 5.32 Å². The van der Waals surface area contributed by atoms with Gasteiger partial charge in [-0.25, -0.2) is 4.79 Å². The predicted molar refractivity (Wildman–Crippen MR) is 104 cm³/mol. The fourth-order valence-corrected chi connectivity index (χ4v) is 2.24. The summed E-state index contributed by atoms with van der Waals surface area (Å²) in [7, 11) is 1.29. The summed E-state index contributed by atoms with van der Waals surface area (Å²) in [4.78, 5) is 34.7. The zero-order valence-electron chi connectivity index (χ0n) is 15.6. The number of alkyl carbamates (subject to hydrolysis) is 1. The number of rotatable bonds is 7. The number of ether oxygens (including phenoxy) is 2. The van der Waals surface area contributed by atoms with Crippen molar-refractivity contribution < 1.29 is 23.9 Å². The minimum Gasteiger partial charge on any atom is -0.469 e. The van der Waals surface area contributed by atoms with E-state index in [1.54, 1.807) is 24.3 Å². The molecule has 0 aliphatic carbocycles. The summed E-state index contributed by atoms with van der Waals surface area (Å²) < 4.78 is 9.60. The fraction of sp³-hybridized carbons (Fsp3) is 0.227. The zero-order valence-corrected chi connectivity index (χ0v) is 15.6. The number of hydrogen-bond acceptors (Lipinski definition) is 5. The standard InChI is InChI=1S/C22H21NO5/c1-27-21(25)14-13-20(24)19-11-9-17(10-12-19)8-5-15-23-22(26)28-16-18-6-3-2-4-7-18/h2-4,6-7,9-12H,13-16H2,1H3,(H,23,26). The molecule has 0 aliphatic rings. The maximum atomic E-state index is 12.0. The summed E-state index contributed by atoms with van der Waals surface area (Å²) in [6, 6.07) is 16.1. The molecule has 1 amide bonds. The van der Waals surface area contributed by atoms with Crippen molar-refractivity contribution in [3.05, 3.63) is 71.3 Å². The molecule has 6 nitrogen and oxygen atoms in total. The van der Waals surface area contributed by atoms with Crippen LogP contribution in [0.2, 0.25) is 0 Å². The summed E-state index contributed by atoms with van der Waals surface area (Å²) in [6.45, 7) is 0.346. The van der Waals surface area contributed by atoms with E-state index in [1.807, 2.05) is 30.3 Å². The van der Waals surface area contributed by atoms with E-state index in [1.165, 1.54) is 7.11 Å². The molecule has 0 spiro atoms. The van der Waals surface area contributed by atoms with Crippen LogP contribution in [0.15, 0.2) is 54.6 Å². The van der Waals surface area contributed by atoms with Gasteiger partial charge in [0.15, 0.2) is 5.78 Å². The summed E-state index contributed by atoms with van der Waals surface area (Å²) >= 11 is 0. The van der Waals surface area contributed by atoms with E-state index < -0.39 is 12.1 Å². The average Bonchev–Trinajstić information content (AvgIpc) is 2.74. The number of ketones is 1. The maximum absolute atomic E-state index is 12.0. The largest absolute Gasteiger partial charge is 0.469 e. The molecule has 1 N–H and O–H groups in total. The number of esters is 1. The van der Waals surface area contributed by atoms with E-state index >= 15 is 0 Å². The molecule has 0 radical (unpaired) electrons. The second kappa shape index (κ2) is 11.2. The number of Topliss-reactive ketones (excluding diaryl/α,β-unsaturated/α-hetero) is 1. The van der Waals surface area contributed by atoms with Crippen LogP contribution in [0.25, 0.3) is 0 Å². The number of methoxy groups -OCH3 is 1. The Hall–Kier alpha value is -3.59. The molecule has 2 aromatic carbocycles. The van der Waals surface area contributed by atoms with E-state index in [-0.39, 0.29) is 31.8 Å². The van der Waals surface area contributed by atoms with Gasteiger partial charge in [0.05, 0.1) is 20.1 Å². The van der Waals surface area contributed by atoms with E-state index in [0.717, 1.165) is 5.56 Å². The third-order valence-electron chi connectivity index (χ3n) is 3.76. The maximum Gasteiger partial charge on any atom is 0.408 e. The van der Waals surface area contributed by atoms with Crippen LogP contribution >= 0.6 is 0 Å². The molecule has 0 saturated heterocycles. The van der Waals surface area contributed by atoms with Crippen molar-refractivity contribution in [2.75, 3.05) is 13.7 Å². The molecule has 0 atom stereocenters. The zero-order chi connectivity index (χ0) is 20.2. The highest BCUT2D eigenvalue weighted by atomic mass is 16.5. The molecule has 6 heteroatoms. The third-order valence-corrected chi connectivity index (χ3v) is 3.76. The van der Waals surface area contributed by atoms with Gasteiger partial charge in [0.1, 0.15) is 6.61 Å². The van der Waals surface area contributed by atoms with Crippen LogP contribution in [0, 0.1) is 11.8 Å². The molecule has 0 saturated carbocycles. The quantitative estimate of drug-likeness (QED) is 0.454. The Labute approximate surface area is 163 Å². The molecular weight excluding hydrogens is 358 g/mol. The van der Waals surface area contributed by atoms with Crippen molar-refractivity contribution in [2.24, 2.45) is 0 Å². The number of hydrogen-bond donors (Lipinski definition) is 1. The van der Waals surface area contributed by atoms with Crippen LogP contribution in [-0.2, 0) is 20.9 Å². The van der Waals surface area contributed by atoms with Crippen molar-refractivity contribution in [2.45, 2.75) is 19.4 Å². The molecule has 144 valence electrons. The minimum atomic E-state index is -0.537. The highest BCUT2D eigenvalue weighted by Crippen LogP contribution is 2.08. The summed E-state index contributed by atoms with van der Waals surface area (Å²) in [5.74, 6) is 5.17. The molecule has 0 fully saturated rings. The van der Waals surface area contributed by atoms with Gasteiger partial charge in [-0.05, 0) is 17.7 Å². The van der Waals surface area contributed by atoms with Gasteiger partial charge in [-0.1, -0.05) is 54.3 Å². The van der Waals surface area contributed by atoms with Gasteiger partial charge < -0.3 is 14.8 Å². The lowest BCUT2D eigenvalue weighted by Crippen LogP contribution is -2.24. The van der Waals surface area contributed by atoms with E-state index in [4.69, 9.17) is 4.74 Å². The lowest BCUT2D eigenvalue weighted by atomic mass is 10.0. The molecule has 28 heavy (non-hydrogen) atoms. The first-order valence-corrected chi connectivity index (χ1v) is 8.72. The first-order valence-electron chi connectivity index (χ1n) is 8.72. The van der Waals surface area contributed by atoms with Gasteiger partial charge in [-0.3, -0.25) is 9.59 Å². The van der Waals surface area contributed by atoms with Crippen LogP contribution in [-0.4, -0.2) is 31.5 Å². The minimum absolute atomic E-state index is 0.0585. The molecule has 0 bridgehead atoms. The van der Waals surface area contributed by atoms with E-state index in [9.17, 15) is 14.4 Å². The second-order valence-corrected chi connectivity index (χ2v) is 5.79. The van der Waals surface area contributed by atoms with Crippen molar-refractivity contribution in [1.29, 1.82) is 0 Å². The first kappa shape index (κ1) is 20.7. The average molecular weight is 379 g/mol. The molecule has 2 aromatic rings. The Morgan fingerprint density at radius 3 is 2.36 bits per heavy atom. The van der Waals surface area contributed by atoms with E-state index in [2.05, 4.69) is 21.9 Å². The Morgan fingerprint density at radius 2 is 1.68 bits per heavy atom. The number of carbonyl (C=O) groups is 3. The Morgan fingerprint density at radius 1 is 0.964 bits per heavy atom. The molecule has 0 aliphatic heterocycles. The van der Waals surface area contributed by atoms with Gasteiger partial charge >= 0.3 is 12.1 Å². The molecular formula is C22H21NO5. The topological polar surface area (TPSA) is 81.7 Å². The number of carbonyl (C=O) groups excluding carboxylic acids is 3. The monoisotopic (exact) mass is 379 g/mol. The lowest BCUT2D eigenvalue weighted by Gasteiger charge is -2.04. The molecule has 0 unspecified atom stereocenters. The summed E-state index contributed by atoms with van der Waals surface area (Å²) in [5.41, 5.74) is 2.13. The second-order valence-electron chi connectivity index (χ2n) is 5.79. The summed E-state index contributed by atoms with van der Waals surface area (Å²) in [5, 5.41) is 2.55. The molecule has 0 heterocycles. The van der Waals surface area contributed by atoms with Crippen LogP contribution in [0.3, 0.4) is 0 Å². The SMILES string of the molecule is COC(=O)CCC(=O)c1ccc(C#CCNC(=O)OCc2ccccc2)cc1.